The highest BCUT2D eigenvalue weighted by molar-refractivity contribution is 5.41. The first-order chi connectivity index (χ1) is 7.29. The number of aromatic nitrogens is 1. The van der Waals surface area contributed by atoms with Crippen LogP contribution in [-0.4, -0.2) is 35.5 Å². The van der Waals surface area contributed by atoms with Crippen LogP contribution in [0.1, 0.15) is 12.8 Å². The van der Waals surface area contributed by atoms with Crippen LogP contribution in [0.3, 0.4) is 0 Å². The number of anilines is 1. The summed E-state index contributed by atoms with van der Waals surface area (Å²) in [4.78, 5) is 3.93. The lowest BCUT2D eigenvalue weighted by molar-refractivity contribution is -0.0543. The largest absolute Gasteiger partial charge is 0.388 e. The molecule has 1 aliphatic heterocycles. The first kappa shape index (κ1) is 10.4. The number of hydrogen-bond donors (Lipinski definition) is 2. The molecule has 1 saturated heterocycles. The molecule has 1 aromatic rings. The van der Waals surface area contributed by atoms with Crippen LogP contribution < -0.4 is 5.32 Å². The van der Waals surface area contributed by atoms with Gasteiger partial charge in [-0.15, -0.1) is 0 Å². The van der Waals surface area contributed by atoms with Gasteiger partial charge in [0, 0.05) is 50.7 Å². The molecule has 4 heteroatoms. The Morgan fingerprint density at radius 1 is 1.33 bits per heavy atom. The predicted molar refractivity (Wildman–Crippen MR) is 57.7 cm³/mol. The maximum Gasteiger partial charge on any atom is 0.0863 e. The summed E-state index contributed by atoms with van der Waals surface area (Å²) in [5.41, 5.74) is 0.367. The minimum absolute atomic E-state index is 0.570. The predicted octanol–water partition coefficient (Wildman–Crippen LogP) is 1.03. The average Bonchev–Trinajstić information content (AvgIpc) is 2.29. The van der Waals surface area contributed by atoms with Gasteiger partial charge in [0.15, 0.2) is 0 Å². The van der Waals surface area contributed by atoms with Gasteiger partial charge in [-0.1, -0.05) is 0 Å². The summed E-state index contributed by atoms with van der Waals surface area (Å²) in [5.74, 6) is 0. The van der Waals surface area contributed by atoms with Crippen molar-refractivity contribution in [2.75, 3.05) is 25.1 Å². The lowest BCUT2D eigenvalue weighted by Gasteiger charge is -2.32. The molecule has 1 fully saturated rings. The van der Waals surface area contributed by atoms with Crippen molar-refractivity contribution in [2.24, 2.45) is 0 Å². The van der Waals surface area contributed by atoms with Crippen molar-refractivity contribution in [2.45, 2.75) is 18.4 Å². The molecule has 2 heterocycles. The highest BCUT2D eigenvalue weighted by Gasteiger charge is 2.29. The van der Waals surface area contributed by atoms with Crippen LogP contribution in [0.4, 0.5) is 5.69 Å². The Morgan fingerprint density at radius 2 is 2.00 bits per heavy atom. The van der Waals surface area contributed by atoms with Gasteiger partial charge in [-0.05, 0) is 12.1 Å². The van der Waals surface area contributed by atoms with E-state index in [1.807, 2.05) is 12.1 Å². The molecule has 0 aliphatic carbocycles. The van der Waals surface area contributed by atoms with E-state index in [1.165, 1.54) is 0 Å². The minimum atomic E-state index is -0.623. The second-order valence-electron chi connectivity index (χ2n) is 3.93. The van der Waals surface area contributed by atoms with E-state index in [0.29, 0.717) is 32.6 Å². The van der Waals surface area contributed by atoms with Gasteiger partial charge in [0.25, 0.3) is 0 Å². The van der Waals surface area contributed by atoms with Crippen LogP contribution in [0.5, 0.6) is 0 Å². The molecule has 0 spiro atoms. The zero-order chi connectivity index (χ0) is 10.6. The summed E-state index contributed by atoms with van der Waals surface area (Å²) in [6.07, 6.45) is 4.86. The topological polar surface area (TPSA) is 54.4 Å². The molecule has 2 N–H and O–H groups in total. The van der Waals surface area contributed by atoms with Crippen LogP contribution in [0.2, 0.25) is 0 Å². The summed E-state index contributed by atoms with van der Waals surface area (Å²) in [5, 5.41) is 13.4. The summed E-state index contributed by atoms with van der Waals surface area (Å²) in [6.45, 7) is 1.86. The van der Waals surface area contributed by atoms with Gasteiger partial charge in [-0.25, -0.2) is 0 Å². The van der Waals surface area contributed by atoms with E-state index in [-0.39, 0.29) is 0 Å². The Kier molecular flexibility index (Phi) is 3.18. The van der Waals surface area contributed by atoms with E-state index < -0.39 is 5.60 Å². The Bertz CT molecular complexity index is 297. The summed E-state index contributed by atoms with van der Waals surface area (Å²) in [7, 11) is 0. The van der Waals surface area contributed by atoms with Gasteiger partial charge in [0.2, 0.25) is 0 Å². The number of ether oxygens (including phenoxy) is 1. The Morgan fingerprint density at radius 3 is 2.67 bits per heavy atom. The Hall–Kier alpha value is -1.13. The lowest BCUT2D eigenvalue weighted by atomic mass is 9.94. The summed E-state index contributed by atoms with van der Waals surface area (Å²) >= 11 is 0. The Balaban J connectivity index is 1.87. The molecule has 1 aliphatic rings. The fourth-order valence-electron chi connectivity index (χ4n) is 1.66. The van der Waals surface area contributed by atoms with Crippen LogP contribution in [-0.2, 0) is 4.74 Å². The average molecular weight is 208 g/mol. The van der Waals surface area contributed by atoms with Crippen molar-refractivity contribution in [1.82, 2.24) is 4.98 Å². The molecule has 0 bridgehead atoms. The van der Waals surface area contributed by atoms with Gasteiger partial charge in [-0.2, -0.15) is 0 Å². The number of rotatable bonds is 3. The molecule has 2 rings (SSSR count). The highest BCUT2D eigenvalue weighted by Crippen LogP contribution is 2.20. The number of pyridine rings is 1. The monoisotopic (exact) mass is 208 g/mol. The maximum absolute atomic E-state index is 10.2. The third-order valence-electron chi connectivity index (χ3n) is 2.73. The fourth-order valence-corrected chi connectivity index (χ4v) is 1.66. The molecule has 0 saturated carbocycles. The van der Waals surface area contributed by atoms with E-state index in [4.69, 9.17) is 4.74 Å². The van der Waals surface area contributed by atoms with Crippen molar-refractivity contribution >= 4 is 5.69 Å². The van der Waals surface area contributed by atoms with Crippen molar-refractivity contribution in [3.63, 3.8) is 0 Å². The molecule has 0 atom stereocenters. The van der Waals surface area contributed by atoms with Gasteiger partial charge in [0.05, 0.1) is 5.60 Å². The standard InChI is InChI=1S/C11H16N2O2/c14-11(3-7-15-8-4-11)9-13-10-1-5-12-6-2-10/h1-2,5-6,14H,3-4,7-9H2,(H,12,13). The number of nitrogens with zero attached hydrogens (tertiary/aromatic N) is 1. The number of nitrogens with one attached hydrogen (secondary N) is 1. The third kappa shape index (κ3) is 2.91. The minimum Gasteiger partial charge on any atom is -0.388 e. The molecule has 0 radical (unpaired) electrons. The van der Waals surface area contributed by atoms with Gasteiger partial charge < -0.3 is 15.2 Å². The second-order valence-corrected chi connectivity index (χ2v) is 3.93. The molecule has 1 aromatic heterocycles. The maximum atomic E-state index is 10.2. The molecule has 82 valence electrons. The quantitative estimate of drug-likeness (QED) is 0.779. The third-order valence-corrected chi connectivity index (χ3v) is 2.73. The van der Waals surface area contributed by atoms with E-state index in [1.54, 1.807) is 12.4 Å². The zero-order valence-corrected chi connectivity index (χ0v) is 8.65. The lowest BCUT2D eigenvalue weighted by Crippen LogP contribution is -2.42. The van der Waals surface area contributed by atoms with Crippen LogP contribution in [0.15, 0.2) is 24.5 Å². The van der Waals surface area contributed by atoms with Crippen molar-refractivity contribution in [3.8, 4) is 0 Å². The van der Waals surface area contributed by atoms with E-state index >= 15 is 0 Å². The van der Waals surface area contributed by atoms with Crippen molar-refractivity contribution in [3.05, 3.63) is 24.5 Å². The smallest absolute Gasteiger partial charge is 0.0863 e. The van der Waals surface area contributed by atoms with Crippen LogP contribution in [0, 0.1) is 0 Å². The molecule has 0 unspecified atom stereocenters. The Labute approximate surface area is 89.3 Å². The van der Waals surface area contributed by atoms with E-state index in [2.05, 4.69) is 10.3 Å². The SMILES string of the molecule is OC1(CNc2ccncc2)CCOCC1. The van der Waals surface area contributed by atoms with Crippen molar-refractivity contribution in [1.29, 1.82) is 0 Å². The second kappa shape index (κ2) is 4.59. The molecule has 0 aromatic carbocycles. The summed E-state index contributed by atoms with van der Waals surface area (Å²) in [6, 6.07) is 3.78. The molecule has 15 heavy (non-hydrogen) atoms. The van der Waals surface area contributed by atoms with E-state index in [9.17, 15) is 5.11 Å². The fraction of sp³-hybridized carbons (Fsp3) is 0.545. The first-order valence-electron chi connectivity index (χ1n) is 5.23. The van der Waals surface area contributed by atoms with Gasteiger partial charge in [-0.3, -0.25) is 4.98 Å². The normalized spacial score (nSPS) is 19.8. The van der Waals surface area contributed by atoms with Crippen LogP contribution >= 0.6 is 0 Å². The molecule has 4 nitrogen and oxygen atoms in total. The van der Waals surface area contributed by atoms with E-state index in [0.717, 1.165) is 5.69 Å². The molecular weight excluding hydrogens is 192 g/mol. The number of aliphatic hydroxyl groups is 1. The van der Waals surface area contributed by atoms with Gasteiger partial charge >= 0.3 is 0 Å². The zero-order valence-electron chi connectivity index (χ0n) is 8.65. The first-order valence-corrected chi connectivity index (χ1v) is 5.23. The number of hydrogen-bond acceptors (Lipinski definition) is 4. The summed E-state index contributed by atoms with van der Waals surface area (Å²) < 4.78 is 5.22. The van der Waals surface area contributed by atoms with Crippen LogP contribution in [0.25, 0.3) is 0 Å². The molecular formula is C11H16N2O2. The van der Waals surface area contributed by atoms with Gasteiger partial charge in [0.1, 0.15) is 0 Å². The highest BCUT2D eigenvalue weighted by atomic mass is 16.5. The molecule has 0 amide bonds. The van der Waals surface area contributed by atoms with Crippen molar-refractivity contribution < 1.29 is 9.84 Å².